The summed E-state index contributed by atoms with van der Waals surface area (Å²) in [6, 6.07) is 30.0. The second-order valence-corrected chi connectivity index (χ2v) is 14.0. The second kappa shape index (κ2) is 10.4. The Morgan fingerprint density at radius 2 is 1.53 bits per heavy atom. The standard InChI is InChI=1S/C43H37N3O/c1-26-22-35-30(17-7-5-6-14-27(2)43(35,3)4)24-33(26)40-41-39(32-19-11-13-21-38(32)47-41)44-42(45-40)46-36-20-12-10-18-31(36)34-23-28-15-8-9-16-29(28)25-37(34)46/h5-16,18-21,23-27H,17,22H2,1-4H3/b7-5-,14-6-. The van der Waals surface area contributed by atoms with E-state index in [0.717, 1.165) is 51.6 Å². The molecule has 2 aliphatic rings. The Bertz CT molecular complexity index is 2530. The predicted octanol–water partition coefficient (Wildman–Crippen LogP) is 11.5. The Hall–Kier alpha value is -5.22. The van der Waals surface area contributed by atoms with Crippen LogP contribution in [0, 0.1) is 17.3 Å². The second-order valence-electron chi connectivity index (χ2n) is 14.0. The first-order valence-electron chi connectivity index (χ1n) is 16.8. The Kier molecular flexibility index (Phi) is 6.20. The molecule has 4 heteroatoms. The molecule has 4 nitrogen and oxygen atoms in total. The third-order valence-electron chi connectivity index (χ3n) is 10.9. The minimum absolute atomic E-state index is 0.0470. The van der Waals surface area contributed by atoms with Gasteiger partial charge in [-0.25, -0.2) is 9.97 Å². The number of hydrogen-bond donors (Lipinski definition) is 0. The lowest BCUT2D eigenvalue weighted by Crippen LogP contribution is -2.27. The van der Waals surface area contributed by atoms with E-state index >= 15 is 0 Å². The highest BCUT2D eigenvalue weighted by atomic mass is 16.3. The Morgan fingerprint density at radius 1 is 0.787 bits per heavy atom. The van der Waals surface area contributed by atoms with Crippen molar-refractivity contribution in [3.63, 3.8) is 0 Å². The normalized spacial score (nSPS) is 21.1. The lowest BCUT2D eigenvalue weighted by molar-refractivity contribution is 0.322. The number of para-hydroxylation sites is 2. The van der Waals surface area contributed by atoms with E-state index in [4.69, 9.17) is 14.4 Å². The smallest absolute Gasteiger partial charge is 0.236 e. The maximum atomic E-state index is 6.63. The third-order valence-corrected chi connectivity index (χ3v) is 10.9. The van der Waals surface area contributed by atoms with Gasteiger partial charge in [0.1, 0.15) is 16.8 Å². The van der Waals surface area contributed by atoms with Crippen LogP contribution in [0.5, 0.6) is 0 Å². The van der Waals surface area contributed by atoms with Gasteiger partial charge in [0, 0.05) is 16.2 Å². The number of fused-ring (bicyclic) bond motifs is 7. The van der Waals surface area contributed by atoms with E-state index < -0.39 is 0 Å². The maximum absolute atomic E-state index is 6.63. The molecule has 9 rings (SSSR count). The predicted molar refractivity (Wildman–Crippen MR) is 196 cm³/mol. The van der Waals surface area contributed by atoms with Gasteiger partial charge in [0.05, 0.1) is 11.0 Å². The molecule has 7 aromatic rings. The molecule has 0 bridgehead atoms. The minimum atomic E-state index is 0.0470. The fourth-order valence-corrected chi connectivity index (χ4v) is 7.89. The average Bonchev–Trinajstić information content (AvgIpc) is 3.63. The summed E-state index contributed by atoms with van der Waals surface area (Å²) in [6.07, 6.45) is 13.3. The zero-order valence-electron chi connectivity index (χ0n) is 27.3. The summed E-state index contributed by atoms with van der Waals surface area (Å²) in [5.41, 5.74) is 9.73. The summed E-state index contributed by atoms with van der Waals surface area (Å²) in [5, 5.41) is 5.82. The molecular formula is C43H37N3O. The summed E-state index contributed by atoms with van der Waals surface area (Å²) in [4.78, 5) is 10.8. The highest BCUT2D eigenvalue weighted by Gasteiger charge is 2.35. The quantitative estimate of drug-likeness (QED) is 0.195. The SMILES string of the molecule is CC1CC2=C(C=C1c1nc(-n3c4ccccc4c4cc5ccccc5cc43)nc3c1oc1ccccc13)C/C=C\C=C/C(C)C2(C)C. The number of allylic oxidation sites excluding steroid dienone is 8. The monoisotopic (exact) mass is 611 g/mol. The van der Waals surface area contributed by atoms with Crippen molar-refractivity contribution in [1.82, 2.24) is 14.5 Å². The molecule has 0 fully saturated rings. The maximum Gasteiger partial charge on any atom is 0.236 e. The molecule has 4 aromatic carbocycles. The third kappa shape index (κ3) is 4.27. The van der Waals surface area contributed by atoms with E-state index in [1.807, 2.05) is 12.1 Å². The van der Waals surface area contributed by atoms with Crippen molar-refractivity contribution in [2.75, 3.05) is 0 Å². The lowest BCUT2D eigenvalue weighted by atomic mass is 9.66. The van der Waals surface area contributed by atoms with Gasteiger partial charge in [0.25, 0.3) is 0 Å². The molecule has 230 valence electrons. The zero-order valence-corrected chi connectivity index (χ0v) is 27.3. The molecular weight excluding hydrogens is 574 g/mol. The van der Waals surface area contributed by atoms with E-state index in [1.165, 1.54) is 32.7 Å². The number of rotatable bonds is 2. The van der Waals surface area contributed by atoms with Gasteiger partial charge < -0.3 is 4.42 Å². The molecule has 3 aromatic heterocycles. The van der Waals surface area contributed by atoms with Crippen LogP contribution in [0.15, 0.2) is 131 Å². The number of furan rings is 1. The van der Waals surface area contributed by atoms with Gasteiger partial charge in [0.2, 0.25) is 5.95 Å². The first kappa shape index (κ1) is 28.0. The molecule has 0 spiro atoms. The summed E-state index contributed by atoms with van der Waals surface area (Å²) < 4.78 is 8.88. The molecule has 3 heterocycles. The topological polar surface area (TPSA) is 43.9 Å². The molecule has 2 atom stereocenters. The summed E-state index contributed by atoms with van der Waals surface area (Å²) in [6.45, 7) is 9.49. The van der Waals surface area contributed by atoms with Crippen molar-refractivity contribution < 1.29 is 4.42 Å². The Morgan fingerprint density at radius 3 is 2.38 bits per heavy atom. The minimum Gasteiger partial charge on any atom is -0.452 e. The van der Waals surface area contributed by atoms with Crippen LogP contribution in [0.3, 0.4) is 0 Å². The molecule has 2 unspecified atom stereocenters. The molecule has 0 amide bonds. The molecule has 47 heavy (non-hydrogen) atoms. The molecule has 0 saturated carbocycles. The van der Waals surface area contributed by atoms with Gasteiger partial charge in [-0.3, -0.25) is 4.57 Å². The van der Waals surface area contributed by atoms with Crippen LogP contribution in [0.1, 0.15) is 46.2 Å². The highest BCUT2D eigenvalue weighted by Crippen LogP contribution is 2.48. The number of hydrogen-bond acceptors (Lipinski definition) is 3. The average molecular weight is 612 g/mol. The first-order chi connectivity index (χ1) is 22.9. The van der Waals surface area contributed by atoms with Gasteiger partial charge >= 0.3 is 0 Å². The van der Waals surface area contributed by atoms with Gasteiger partial charge in [-0.1, -0.05) is 118 Å². The van der Waals surface area contributed by atoms with Gasteiger partial charge in [0.15, 0.2) is 5.58 Å². The highest BCUT2D eigenvalue weighted by molar-refractivity contribution is 6.13. The number of aromatic nitrogens is 3. The van der Waals surface area contributed by atoms with Crippen molar-refractivity contribution in [2.45, 2.75) is 40.5 Å². The van der Waals surface area contributed by atoms with Crippen LogP contribution in [0.4, 0.5) is 0 Å². The number of benzene rings is 4. The van der Waals surface area contributed by atoms with Gasteiger partial charge in [-0.05, 0) is 82.3 Å². The summed E-state index contributed by atoms with van der Waals surface area (Å²) in [7, 11) is 0. The van der Waals surface area contributed by atoms with Crippen LogP contribution in [0.2, 0.25) is 0 Å². The largest absolute Gasteiger partial charge is 0.452 e. The van der Waals surface area contributed by atoms with E-state index in [-0.39, 0.29) is 11.3 Å². The fourth-order valence-electron chi connectivity index (χ4n) is 7.89. The summed E-state index contributed by atoms with van der Waals surface area (Å²) >= 11 is 0. The van der Waals surface area contributed by atoms with Crippen LogP contribution in [-0.2, 0) is 0 Å². The zero-order chi connectivity index (χ0) is 31.9. The molecule has 0 aliphatic heterocycles. The van der Waals surface area contributed by atoms with Crippen LogP contribution in [-0.4, -0.2) is 14.5 Å². The van der Waals surface area contributed by atoms with Crippen molar-refractivity contribution >= 4 is 60.2 Å². The Labute approximate surface area is 274 Å². The van der Waals surface area contributed by atoms with Crippen molar-refractivity contribution in [2.24, 2.45) is 17.3 Å². The van der Waals surface area contributed by atoms with Gasteiger partial charge in [-0.2, -0.15) is 0 Å². The molecule has 0 N–H and O–H groups in total. The molecule has 2 aliphatic carbocycles. The van der Waals surface area contributed by atoms with Crippen LogP contribution >= 0.6 is 0 Å². The lowest BCUT2D eigenvalue weighted by Gasteiger charge is -2.38. The molecule has 0 radical (unpaired) electrons. The van der Waals surface area contributed by atoms with E-state index in [0.29, 0.717) is 11.9 Å². The Balaban J connectivity index is 1.36. The van der Waals surface area contributed by atoms with E-state index in [9.17, 15) is 0 Å². The van der Waals surface area contributed by atoms with Crippen molar-refractivity contribution in [3.8, 4) is 5.95 Å². The van der Waals surface area contributed by atoms with Crippen LogP contribution < -0.4 is 0 Å². The number of nitrogens with zero attached hydrogens (tertiary/aromatic N) is 3. The fraction of sp³-hybridized carbons (Fsp3) is 0.209. The van der Waals surface area contributed by atoms with Gasteiger partial charge in [-0.15, -0.1) is 0 Å². The van der Waals surface area contributed by atoms with Crippen LogP contribution in [0.25, 0.3) is 66.2 Å². The molecule has 0 saturated heterocycles. The van der Waals surface area contributed by atoms with E-state index in [1.54, 1.807) is 5.57 Å². The first-order valence-corrected chi connectivity index (χ1v) is 16.8. The van der Waals surface area contributed by atoms with Crippen molar-refractivity contribution in [1.29, 1.82) is 0 Å². The van der Waals surface area contributed by atoms with E-state index in [2.05, 4.69) is 135 Å². The van der Waals surface area contributed by atoms with Crippen molar-refractivity contribution in [3.05, 3.63) is 132 Å². The summed E-state index contributed by atoms with van der Waals surface area (Å²) in [5.74, 6) is 1.35.